The molecular weight excluding hydrogens is 458 g/mol. The Balaban J connectivity index is 2.16. The number of hydrogen-bond donors (Lipinski definition) is 6. The number of unbranched alkanes of at least 4 members (excludes halogenated alkanes) is 1. The van der Waals surface area contributed by atoms with Gasteiger partial charge in [-0.2, -0.15) is 12.6 Å². The zero-order valence-electron chi connectivity index (χ0n) is 19.2. The van der Waals surface area contributed by atoms with Gasteiger partial charge in [-0.1, -0.05) is 30.3 Å². The maximum atomic E-state index is 13.1. The summed E-state index contributed by atoms with van der Waals surface area (Å²) in [4.78, 5) is 51.9. The highest BCUT2D eigenvalue weighted by Gasteiger charge is 2.37. The lowest BCUT2D eigenvalue weighted by molar-refractivity contribution is -0.143. The Bertz CT molecular complexity index is 840. The third kappa shape index (κ3) is 8.00. The molecule has 1 aromatic carbocycles. The number of aliphatic carboxylic acids is 1. The van der Waals surface area contributed by atoms with Gasteiger partial charge >= 0.3 is 5.97 Å². The Kier molecular flexibility index (Phi) is 11.3. The summed E-state index contributed by atoms with van der Waals surface area (Å²) in [7, 11) is 0. The van der Waals surface area contributed by atoms with Crippen molar-refractivity contribution in [3.8, 4) is 0 Å². The molecule has 4 atom stereocenters. The predicted molar refractivity (Wildman–Crippen MR) is 131 cm³/mol. The third-order valence-corrected chi connectivity index (χ3v) is 6.22. The van der Waals surface area contributed by atoms with Crippen LogP contribution in [-0.4, -0.2) is 76.7 Å². The van der Waals surface area contributed by atoms with Crippen LogP contribution in [0.3, 0.4) is 0 Å². The number of carboxylic acid groups (broad SMARTS) is 1. The van der Waals surface area contributed by atoms with Crippen molar-refractivity contribution in [1.82, 2.24) is 15.5 Å². The van der Waals surface area contributed by atoms with Crippen LogP contribution in [0.4, 0.5) is 0 Å². The zero-order valence-corrected chi connectivity index (χ0v) is 20.1. The molecule has 1 aromatic rings. The van der Waals surface area contributed by atoms with E-state index in [1.54, 1.807) is 0 Å². The summed E-state index contributed by atoms with van der Waals surface area (Å²) >= 11 is 4.06. The average Bonchev–Trinajstić information content (AvgIpc) is 3.32. The third-order valence-electron chi connectivity index (χ3n) is 5.83. The van der Waals surface area contributed by atoms with E-state index in [0.29, 0.717) is 38.8 Å². The molecule has 10 nitrogen and oxygen atoms in total. The molecule has 188 valence electrons. The van der Waals surface area contributed by atoms with E-state index in [2.05, 4.69) is 23.3 Å². The Hall–Kier alpha value is -2.63. The van der Waals surface area contributed by atoms with Crippen molar-refractivity contribution in [3.05, 3.63) is 35.9 Å². The molecule has 7 N–H and O–H groups in total. The standard InChI is InChI=1S/C23H35N5O5S/c24-11-5-4-9-17(23(32)33)26-20(29)18(13-15-7-2-1-3-8-15)27-21(30)19-10-6-12-28(19)22(31)16(25)14-34/h1-3,7-8,16-19,34H,4-6,9-14,24-25H2,(H,26,29)(H,27,30)(H,32,33). The van der Waals surface area contributed by atoms with E-state index in [0.717, 1.165) is 5.56 Å². The molecule has 1 aliphatic heterocycles. The van der Waals surface area contributed by atoms with E-state index in [-0.39, 0.29) is 24.5 Å². The van der Waals surface area contributed by atoms with Crippen LogP contribution in [0.1, 0.15) is 37.7 Å². The molecule has 0 saturated carbocycles. The Morgan fingerprint density at radius 1 is 1.12 bits per heavy atom. The molecule has 0 radical (unpaired) electrons. The summed E-state index contributed by atoms with van der Waals surface area (Å²) in [5.41, 5.74) is 12.1. The number of nitrogens with one attached hydrogen (secondary N) is 2. The number of amides is 3. The van der Waals surface area contributed by atoms with Crippen LogP contribution >= 0.6 is 12.6 Å². The molecule has 0 bridgehead atoms. The van der Waals surface area contributed by atoms with E-state index in [4.69, 9.17) is 11.5 Å². The molecule has 2 rings (SSSR count). The van der Waals surface area contributed by atoms with Crippen molar-refractivity contribution in [2.75, 3.05) is 18.8 Å². The quantitative estimate of drug-likeness (QED) is 0.161. The van der Waals surface area contributed by atoms with Gasteiger partial charge in [0.15, 0.2) is 0 Å². The fraction of sp³-hybridized carbons (Fsp3) is 0.565. The zero-order chi connectivity index (χ0) is 25.1. The number of nitrogens with zero attached hydrogens (tertiary/aromatic N) is 1. The first-order valence-electron chi connectivity index (χ1n) is 11.5. The maximum absolute atomic E-state index is 13.1. The van der Waals surface area contributed by atoms with E-state index >= 15 is 0 Å². The Morgan fingerprint density at radius 3 is 2.44 bits per heavy atom. The fourth-order valence-corrected chi connectivity index (χ4v) is 4.10. The Morgan fingerprint density at radius 2 is 1.82 bits per heavy atom. The molecule has 1 aliphatic rings. The van der Waals surface area contributed by atoms with Gasteiger partial charge in [-0.25, -0.2) is 4.79 Å². The van der Waals surface area contributed by atoms with Crippen LogP contribution in [0.5, 0.6) is 0 Å². The summed E-state index contributed by atoms with van der Waals surface area (Å²) in [6, 6.07) is 5.44. The maximum Gasteiger partial charge on any atom is 0.326 e. The van der Waals surface area contributed by atoms with E-state index in [1.165, 1.54) is 4.90 Å². The molecular formula is C23H35N5O5S. The van der Waals surface area contributed by atoms with Crippen LogP contribution in [0.2, 0.25) is 0 Å². The topological polar surface area (TPSA) is 168 Å². The SMILES string of the molecule is NCCCCC(NC(=O)C(Cc1ccccc1)NC(=O)C1CCCN1C(=O)C(N)CS)C(=O)O. The number of carbonyl (C=O) groups is 4. The number of rotatable bonds is 13. The molecule has 34 heavy (non-hydrogen) atoms. The van der Waals surface area contributed by atoms with Crippen LogP contribution in [0.25, 0.3) is 0 Å². The minimum absolute atomic E-state index is 0.156. The second-order valence-corrected chi connectivity index (χ2v) is 8.78. The molecule has 11 heteroatoms. The van der Waals surface area contributed by atoms with Crippen molar-refractivity contribution in [2.24, 2.45) is 11.5 Å². The largest absolute Gasteiger partial charge is 0.480 e. The monoisotopic (exact) mass is 493 g/mol. The number of thiol groups is 1. The summed E-state index contributed by atoms with van der Waals surface area (Å²) in [6.07, 6.45) is 2.69. The predicted octanol–water partition coefficient (Wildman–Crippen LogP) is -0.340. The normalized spacial score (nSPS) is 18.1. The van der Waals surface area contributed by atoms with Crippen molar-refractivity contribution < 1.29 is 24.3 Å². The molecule has 0 aliphatic carbocycles. The molecule has 0 aromatic heterocycles. The van der Waals surface area contributed by atoms with Gasteiger partial charge in [-0.15, -0.1) is 0 Å². The van der Waals surface area contributed by atoms with Crippen LogP contribution in [0, 0.1) is 0 Å². The molecule has 0 spiro atoms. The first-order valence-corrected chi connectivity index (χ1v) is 12.2. The van der Waals surface area contributed by atoms with Gasteiger partial charge in [0.2, 0.25) is 17.7 Å². The van der Waals surface area contributed by atoms with Crippen molar-refractivity contribution in [3.63, 3.8) is 0 Å². The first-order chi connectivity index (χ1) is 16.3. The molecule has 1 fully saturated rings. The minimum atomic E-state index is -1.15. The number of carboxylic acids is 1. The smallest absolute Gasteiger partial charge is 0.326 e. The minimum Gasteiger partial charge on any atom is -0.480 e. The van der Waals surface area contributed by atoms with Crippen LogP contribution in [-0.2, 0) is 25.6 Å². The average molecular weight is 494 g/mol. The highest BCUT2D eigenvalue weighted by Crippen LogP contribution is 2.19. The lowest BCUT2D eigenvalue weighted by Crippen LogP contribution is -2.57. The van der Waals surface area contributed by atoms with Crippen molar-refractivity contribution >= 4 is 36.3 Å². The highest BCUT2D eigenvalue weighted by molar-refractivity contribution is 7.80. The summed E-state index contributed by atoms with van der Waals surface area (Å²) in [5, 5.41) is 14.8. The lowest BCUT2D eigenvalue weighted by Gasteiger charge is -2.28. The number of benzene rings is 1. The van der Waals surface area contributed by atoms with Crippen LogP contribution < -0.4 is 22.1 Å². The van der Waals surface area contributed by atoms with Gasteiger partial charge in [0, 0.05) is 18.7 Å². The Labute approximate surface area is 205 Å². The highest BCUT2D eigenvalue weighted by atomic mass is 32.1. The fourth-order valence-electron chi connectivity index (χ4n) is 3.94. The number of carbonyl (C=O) groups excluding carboxylic acids is 3. The molecule has 4 unspecified atom stereocenters. The van der Waals surface area contributed by atoms with Gasteiger partial charge in [0.25, 0.3) is 0 Å². The second kappa shape index (κ2) is 13.9. The van der Waals surface area contributed by atoms with Crippen molar-refractivity contribution in [2.45, 2.75) is 62.7 Å². The number of hydrogen-bond acceptors (Lipinski definition) is 7. The van der Waals surface area contributed by atoms with Gasteiger partial charge in [0.1, 0.15) is 18.1 Å². The van der Waals surface area contributed by atoms with Crippen molar-refractivity contribution in [1.29, 1.82) is 0 Å². The molecule has 1 heterocycles. The van der Waals surface area contributed by atoms with E-state index in [9.17, 15) is 24.3 Å². The number of likely N-dealkylation sites (tertiary alicyclic amines) is 1. The molecule has 1 saturated heterocycles. The van der Waals surface area contributed by atoms with Gasteiger partial charge in [-0.3, -0.25) is 14.4 Å². The summed E-state index contributed by atoms with van der Waals surface area (Å²) in [5.74, 6) is -2.42. The second-order valence-electron chi connectivity index (χ2n) is 8.41. The van der Waals surface area contributed by atoms with E-state index in [1.807, 2.05) is 30.3 Å². The van der Waals surface area contributed by atoms with E-state index < -0.39 is 42.0 Å². The van der Waals surface area contributed by atoms with Gasteiger partial charge < -0.3 is 32.1 Å². The van der Waals surface area contributed by atoms with Crippen LogP contribution in [0.15, 0.2) is 30.3 Å². The molecule has 3 amide bonds. The van der Waals surface area contributed by atoms with Gasteiger partial charge in [0.05, 0.1) is 6.04 Å². The summed E-state index contributed by atoms with van der Waals surface area (Å²) in [6.45, 7) is 0.830. The summed E-state index contributed by atoms with van der Waals surface area (Å²) < 4.78 is 0. The number of nitrogens with two attached hydrogens (primary N) is 2. The van der Waals surface area contributed by atoms with Gasteiger partial charge in [-0.05, 0) is 44.2 Å². The lowest BCUT2D eigenvalue weighted by atomic mass is 10.0. The first kappa shape index (κ1) is 27.6.